The quantitative estimate of drug-likeness (QED) is 0.176. The van der Waals surface area contributed by atoms with Crippen LogP contribution in [0.1, 0.15) is 38.4 Å². The van der Waals surface area contributed by atoms with E-state index in [-0.39, 0.29) is 21.5 Å². The lowest BCUT2D eigenvalue weighted by Gasteiger charge is -2.19. The zero-order valence-electron chi connectivity index (χ0n) is 52.8. The van der Waals surface area contributed by atoms with E-state index in [9.17, 15) is 16.4 Å². The van der Waals surface area contributed by atoms with Crippen molar-refractivity contribution < 1.29 is 47.2 Å². The second-order valence-corrected chi connectivity index (χ2v) is 11.0. The second kappa shape index (κ2) is 10.4. The summed E-state index contributed by atoms with van der Waals surface area (Å²) in [6.45, 7) is 0. The monoisotopic (exact) mass is 664 g/mol. The predicted molar refractivity (Wildman–Crippen MR) is 210 cm³/mol. The van der Waals surface area contributed by atoms with Crippen LogP contribution in [-0.4, -0.2) is 0 Å². The molecule has 2 heterocycles. The van der Waals surface area contributed by atoms with Crippen molar-refractivity contribution >= 4 is 76.2 Å². The lowest BCUT2D eigenvalue weighted by molar-refractivity contribution is 0.663. The lowest BCUT2D eigenvalue weighted by atomic mass is 9.84. The van der Waals surface area contributed by atoms with Gasteiger partial charge in [0.25, 0.3) is 0 Å². The second-order valence-electron chi connectivity index (χ2n) is 11.0. The molecule has 0 unspecified atom stereocenters. The average molecular weight is 665 g/mol. The molecule has 11 rings (SSSR count). The SMILES string of the molecule is [2H]c1c([2H])c(-c2c3c([2H])c([2H])c([2H])c([2H])c3c(-c3c([2H])c([2H])c([2H])c4c([2H])c([2H])c([2H])c([2H])c34)c3c([2H])c([2H])c([2H])c([2H])c23)c([2H])c([2H])c1-c1c([2H])c([2H])c2c(oc3c([2H])c([2H])c4oc5c([2H])c([2H])c([2H])c([2H])c5c4c32)c1[2H]. The zero-order chi connectivity index (χ0) is 57.1. The Kier molecular flexibility index (Phi) is 2.45. The molecular weight excluding hydrogens is 609 g/mol. The average Bonchev–Trinajstić information content (AvgIpc) is 4.17. The summed E-state index contributed by atoms with van der Waals surface area (Å²) in [7, 11) is 0. The number of hydrogen-bond acceptors (Lipinski definition) is 2. The Hall–Kier alpha value is -6.64. The van der Waals surface area contributed by atoms with E-state index in [2.05, 4.69) is 0 Å². The van der Waals surface area contributed by atoms with Gasteiger partial charge in [0.15, 0.2) is 0 Å². The molecule has 0 fully saturated rings. The highest BCUT2D eigenvalue weighted by atomic mass is 16.3. The van der Waals surface area contributed by atoms with E-state index in [1.165, 1.54) is 0 Å². The number of fused-ring (bicyclic) bond motifs is 10. The summed E-state index contributed by atoms with van der Waals surface area (Å²) in [6.07, 6.45) is 0. The molecule has 2 heteroatoms. The van der Waals surface area contributed by atoms with Crippen molar-refractivity contribution in [3.8, 4) is 33.4 Å². The molecule has 0 radical (unpaired) electrons. The summed E-state index contributed by atoms with van der Waals surface area (Å²) in [4.78, 5) is 0. The standard InChI is InChI=1S/C48H28O2/c1-2-12-33-30(10-1)11-9-18-34(33)46-37-15-5-3-13-35(37)45(36-14-4-6-16-38(36)46)31-22-20-29(21-23-31)32-24-25-40-44(28-32)50-43-27-26-42-47(48(40)43)39-17-7-8-19-41(39)49-42/h1-28H/i1D,2D,3D,4D,5D,6D,7D,8D,9D,10D,11D,12D,13D,14D,15D,16D,17D,18D,19D,20D,21D,22D,23D,24D,25D,26D,27D,28D. The fourth-order valence-corrected chi connectivity index (χ4v) is 6.31. The van der Waals surface area contributed by atoms with E-state index in [1.54, 1.807) is 0 Å². The molecule has 11 aromatic rings. The van der Waals surface area contributed by atoms with Crippen LogP contribution in [0.15, 0.2) is 178 Å². The molecule has 9 aromatic carbocycles. The van der Waals surface area contributed by atoms with Crippen LogP contribution in [0.5, 0.6) is 0 Å². The van der Waals surface area contributed by atoms with Crippen LogP contribution in [0, 0.1) is 0 Å². The summed E-state index contributed by atoms with van der Waals surface area (Å²) in [5.41, 5.74) is -6.55. The molecule has 0 saturated carbocycles. The first-order valence-corrected chi connectivity index (χ1v) is 14.8. The van der Waals surface area contributed by atoms with Gasteiger partial charge in [-0.3, -0.25) is 0 Å². The van der Waals surface area contributed by atoms with E-state index in [0.29, 0.717) is 0 Å². The Balaban J connectivity index is 1.31. The number of hydrogen-bond donors (Lipinski definition) is 0. The summed E-state index contributed by atoms with van der Waals surface area (Å²) in [5.74, 6) is 0. The fraction of sp³-hybridized carbons (Fsp3) is 0. The van der Waals surface area contributed by atoms with Crippen molar-refractivity contribution in [2.24, 2.45) is 0 Å². The Morgan fingerprint density at radius 2 is 0.820 bits per heavy atom. The first-order chi connectivity index (χ1) is 36.5. The first kappa shape index (κ1) is 11.8. The van der Waals surface area contributed by atoms with Crippen molar-refractivity contribution in [2.45, 2.75) is 0 Å². The molecule has 2 nitrogen and oxygen atoms in total. The maximum atomic E-state index is 9.63. The summed E-state index contributed by atoms with van der Waals surface area (Å²) in [6, 6.07) is -25.2. The first-order valence-electron chi connectivity index (χ1n) is 28.8. The van der Waals surface area contributed by atoms with Gasteiger partial charge in [0, 0.05) is 21.5 Å². The smallest absolute Gasteiger partial charge is 0.136 e. The van der Waals surface area contributed by atoms with E-state index >= 15 is 0 Å². The van der Waals surface area contributed by atoms with Crippen LogP contribution in [0.4, 0.5) is 0 Å². The number of benzene rings is 9. The normalized spacial score (nSPS) is 19.8. The van der Waals surface area contributed by atoms with Gasteiger partial charge >= 0.3 is 0 Å². The van der Waals surface area contributed by atoms with Crippen LogP contribution in [0.25, 0.3) is 110 Å². The molecule has 0 aliphatic rings. The van der Waals surface area contributed by atoms with Crippen LogP contribution in [-0.2, 0) is 0 Å². The van der Waals surface area contributed by atoms with Gasteiger partial charge in [0.05, 0.1) is 38.4 Å². The summed E-state index contributed by atoms with van der Waals surface area (Å²) in [5, 5.41) is -5.36. The molecule has 0 amide bonds. The molecule has 0 bridgehead atoms. The minimum absolute atomic E-state index is 0.216. The topological polar surface area (TPSA) is 26.3 Å². The van der Waals surface area contributed by atoms with Gasteiger partial charge in [0.1, 0.15) is 22.3 Å². The van der Waals surface area contributed by atoms with E-state index < -0.39 is 257 Å². The molecule has 0 atom stereocenters. The molecule has 232 valence electrons. The van der Waals surface area contributed by atoms with Gasteiger partial charge in [-0.05, 0) is 95.9 Å². The Bertz CT molecular complexity index is 4650. The van der Waals surface area contributed by atoms with Crippen molar-refractivity contribution in [2.75, 3.05) is 0 Å². The van der Waals surface area contributed by atoms with Gasteiger partial charge in [-0.2, -0.15) is 0 Å². The number of rotatable bonds is 3. The molecule has 0 aliphatic heterocycles. The van der Waals surface area contributed by atoms with Crippen LogP contribution < -0.4 is 0 Å². The van der Waals surface area contributed by atoms with Crippen LogP contribution in [0.3, 0.4) is 0 Å². The highest BCUT2D eigenvalue weighted by molar-refractivity contribution is 6.26. The third-order valence-electron chi connectivity index (χ3n) is 8.40. The maximum Gasteiger partial charge on any atom is 0.136 e. The van der Waals surface area contributed by atoms with Gasteiger partial charge in [-0.15, -0.1) is 0 Å². The summed E-state index contributed by atoms with van der Waals surface area (Å²) < 4.78 is 264. The summed E-state index contributed by atoms with van der Waals surface area (Å²) >= 11 is 0. The van der Waals surface area contributed by atoms with E-state index in [1.807, 2.05) is 0 Å². The van der Waals surface area contributed by atoms with Gasteiger partial charge < -0.3 is 8.83 Å². The fourth-order valence-electron chi connectivity index (χ4n) is 6.31. The Morgan fingerprint density at radius 3 is 1.52 bits per heavy atom. The molecule has 0 saturated heterocycles. The number of furan rings is 2. The molecule has 50 heavy (non-hydrogen) atoms. The van der Waals surface area contributed by atoms with Gasteiger partial charge in [0.2, 0.25) is 0 Å². The van der Waals surface area contributed by atoms with E-state index in [4.69, 9.17) is 30.8 Å². The third kappa shape index (κ3) is 3.90. The molecule has 0 N–H and O–H groups in total. The minimum Gasteiger partial charge on any atom is -0.456 e. The Morgan fingerprint density at radius 1 is 0.320 bits per heavy atom. The highest BCUT2D eigenvalue weighted by Gasteiger charge is 2.19. The minimum atomic E-state index is -1.10. The third-order valence-corrected chi connectivity index (χ3v) is 8.40. The lowest BCUT2D eigenvalue weighted by Crippen LogP contribution is -1.91. The van der Waals surface area contributed by atoms with Crippen LogP contribution >= 0.6 is 0 Å². The van der Waals surface area contributed by atoms with Crippen molar-refractivity contribution in [1.29, 1.82) is 0 Å². The molecule has 0 spiro atoms. The molecule has 0 aliphatic carbocycles. The molecular formula is C48H28O2. The van der Waals surface area contributed by atoms with Gasteiger partial charge in [-0.1, -0.05) is 139 Å². The number of para-hydroxylation sites is 1. The van der Waals surface area contributed by atoms with Gasteiger partial charge in [-0.25, -0.2) is 0 Å². The van der Waals surface area contributed by atoms with Crippen molar-refractivity contribution in [3.05, 3.63) is 169 Å². The largest absolute Gasteiger partial charge is 0.456 e. The Labute approximate surface area is 326 Å². The van der Waals surface area contributed by atoms with Crippen molar-refractivity contribution in [1.82, 2.24) is 0 Å². The highest BCUT2D eigenvalue weighted by Crippen LogP contribution is 2.46. The zero-order valence-corrected chi connectivity index (χ0v) is 24.8. The maximum absolute atomic E-state index is 9.63. The predicted octanol–water partition coefficient (Wildman–Crippen LogP) is 13.9. The van der Waals surface area contributed by atoms with Crippen molar-refractivity contribution in [3.63, 3.8) is 0 Å². The van der Waals surface area contributed by atoms with Crippen LogP contribution in [0.2, 0.25) is 0 Å². The van der Waals surface area contributed by atoms with E-state index in [0.717, 1.165) is 0 Å². The molecule has 2 aromatic heterocycles.